The number of aromatic nitrogens is 2. The van der Waals surface area contributed by atoms with Gasteiger partial charge in [-0.3, -0.25) is 9.58 Å². The Labute approximate surface area is 127 Å². The Bertz CT molecular complexity index is 453. The van der Waals surface area contributed by atoms with E-state index in [1.54, 1.807) is 0 Å². The van der Waals surface area contributed by atoms with Crippen LogP contribution in [0, 0.1) is 0 Å². The van der Waals surface area contributed by atoms with Gasteiger partial charge in [0, 0.05) is 31.4 Å². The molecular formula is C17H28N4. The number of hydrogen-bond donors (Lipinski definition) is 1. The second-order valence-electron chi connectivity index (χ2n) is 7.18. The predicted molar refractivity (Wildman–Crippen MR) is 84.2 cm³/mol. The summed E-state index contributed by atoms with van der Waals surface area (Å²) in [7, 11) is 0. The molecule has 21 heavy (non-hydrogen) atoms. The number of nitrogens with one attached hydrogen (secondary N) is 1. The van der Waals surface area contributed by atoms with Gasteiger partial charge in [0.15, 0.2) is 0 Å². The largest absolute Gasteiger partial charge is 0.313 e. The molecule has 2 aliphatic carbocycles. The van der Waals surface area contributed by atoms with Gasteiger partial charge in [-0.2, -0.15) is 5.10 Å². The molecule has 4 nitrogen and oxygen atoms in total. The Morgan fingerprint density at radius 1 is 1.14 bits per heavy atom. The third-order valence-electron chi connectivity index (χ3n) is 5.41. The molecule has 1 saturated heterocycles. The lowest BCUT2D eigenvalue weighted by Crippen LogP contribution is -2.38. The van der Waals surface area contributed by atoms with Crippen molar-refractivity contribution in [1.29, 1.82) is 0 Å². The van der Waals surface area contributed by atoms with E-state index in [0.717, 1.165) is 12.6 Å². The van der Waals surface area contributed by atoms with Crippen LogP contribution in [-0.4, -0.2) is 39.9 Å². The van der Waals surface area contributed by atoms with Crippen molar-refractivity contribution >= 4 is 0 Å². The fraction of sp³-hybridized carbons (Fsp3) is 0.824. The minimum absolute atomic E-state index is 0.671. The number of hydrogen-bond acceptors (Lipinski definition) is 3. The molecule has 1 aliphatic heterocycles. The highest BCUT2D eigenvalue weighted by molar-refractivity contribution is 5.02. The summed E-state index contributed by atoms with van der Waals surface area (Å²) in [5, 5.41) is 8.51. The van der Waals surface area contributed by atoms with E-state index in [2.05, 4.69) is 27.2 Å². The molecule has 4 rings (SSSR count). The van der Waals surface area contributed by atoms with Crippen LogP contribution in [0.3, 0.4) is 0 Å². The average molecular weight is 288 g/mol. The van der Waals surface area contributed by atoms with E-state index in [4.69, 9.17) is 5.10 Å². The van der Waals surface area contributed by atoms with Gasteiger partial charge < -0.3 is 5.32 Å². The van der Waals surface area contributed by atoms with E-state index >= 15 is 0 Å². The number of nitrogens with zero attached hydrogens (tertiary/aromatic N) is 3. The quantitative estimate of drug-likeness (QED) is 0.874. The first-order chi connectivity index (χ1) is 10.4. The minimum atomic E-state index is 0.671. The lowest BCUT2D eigenvalue weighted by Gasteiger charge is -2.24. The Morgan fingerprint density at radius 2 is 2.00 bits per heavy atom. The van der Waals surface area contributed by atoms with Crippen molar-refractivity contribution < 1.29 is 0 Å². The molecule has 0 spiro atoms. The first-order valence-corrected chi connectivity index (χ1v) is 8.90. The summed E-state index contributed by atoms with van der Waals surface area (Å²) in [5.41, 5.74) is 1.27. The maximum atomic E-state index is 4.87. The smallest absolute Gasteiger partial charge is 0.0765 e. The number of rotatable bonds is 6. The van der Waals surface area contributed by atoms with Gasteiger partial charge in [-0.25, -0.2) is 0 Å². The first-order valence-electron chi connectivity index (χ1n) is 8.90. The molecule has 3 aliphatic rings. The predicted octanol–water partition coefficient (Wildman–Crippen LogP) is 2.71. The highest BCUT2D eigenvalue weighted by Crippen LogP contribution is 2.30. The van der Waals surface area contributed by atoms with E-state index < -0.39 is 0 Å². The molecule has 116 valence electrons. The summed E-state index contributed by atoms with van der Waals surface area (Å²) in [4.78, 5) is 2.67. The second kappa shape index (κ2) is 6.09. The van der Waals surface area contributed by atoms with Crippen molar-refractivity contribution in [2.45, 2.75) is 76.0 Å². The zero-order chi connectivity index (χ0) is 14.1. The first kappa shape index (κ1) is 13.8. The Kier molecular flexibility index (Phi) is 3.99. The van der Waals surface area contributed by atoms with Crippen molar-refractivity contribution in [3.05, 3.63) is 18.0 Å². The molecule has 1 unspecified atom stereocenters. The third kappa shape index (κ3) is 3.32. The zero-order valence-corrected chi connectivity index (χ0v) is 13.0. The van der Waals surface area contributed by atoms with Gasteiger partial charge in [-0.15, -0.1) is 0 Å². The molecule has 1 aromatic rings. The molecule has 4 heteroatoms. The summed E-state index contributed by atoms with van der Waals surface area (Å²) in [6, 6.07) is 4.45. The lowest BCUT2D eigenvalue weighted by molar-refractivity contribution is 0.227. The van der Waals surface area contributed by atoms with Gasteiger partial charge in [-0.1, -0.05) is 12.8 Å². The zero-order valence-electron chi connectivity index (χ0n) is 13.0. The monoisotopic (exact) mass is 288 g/mol. The summed E-state index contributed by atoms with van der Waals surface area (Å²) >= 11 is 0. The summed E-state index contributed by atoms with van der Waals surface area (Å²) in [6.45, 7) is 3.46. The third-order valence-corrected chi connectivity index (χ3v) is 5.41. The second-order valence-corrected chi connectivity index (χ2v) is 7.18. The van der Waals surface area contributed by atoms with Crippen LogP contribution < -0.4 is 5.32 Å². The molecule has 0 bridgehead atoms. The fourth-order valence-electron chi connectivity index (χ4n) is 4.02. The van der Waals surface area contributed by atoms with Crippen molar-refractivity contribution in [3.63, 3.8) is 0 Å². The minimum Gasteiger partial charge on any atom is -0.313 e. The van der Waals surface area contributed by atoms with E-state index in [1.807, 2.05) is 0 Å². The molecule has 2 saturated carbocycles. The maximum Gasteiger partial charge on any atom is 0.0765 e. The molecule has 1 aromatic heterocycles. The van der Waals surface area contributed by atoms with Crippen LogP contribution in [0.1, 0.15) is 63.1 Å². The molecule has 2 heterocycles. The molecule has 0 amide bonds. The molecular weight excluding hydrogens is 260 g/mol. The lowest BCUT2D eigenvalue weighted by atomic mass is 10.2. The Hall–Kier alpha value is -0.870. The Balaban J connectivity index is 1.38. The molecule has 1 atom stereocenters. The van der Waals surface area contributed by atoms with Crippen molar-refractivity contribution in [1.82, 2.24) is 20.0 Å². The molecule has 3 fully saturated rings. The van der Waals surface area contributed by atoms with Crippen LogP contribution in [0.2, 0.25) is 0 Å². The van der Waals surface area contributed by atoms with E-state index in [9.17, 15) is 0 Å². The summed E-state index contributed by atoms with van der Waals surface area (Å²) in [5.74, 6) is 0. The Morgan fingerprint density at radius 3 is 2.71 bits per heavy atom. The van der Waals surface area contributed by atoms with E-state index in [1.165, 1.54) is 70.2 Å². The van der Waals surface area contributed by atoms with Crippen LogP contribution >= 0.6 is 0 Å². The average Bonchev–Trinajstić information content (AvgIpc) is 2.93. The van der Waals surface area contributed by atoms with Crippen molar-refractivity contribution in [2.75, 3.05) is 13.1 Å². The van der Waals surface area contributed by atoms with Crippen molar-refractivity contribution in [2.24, 2.45) is 0 Å². The standard InChI is InChI=1S/C17H28N4/c1-2-6-17(5-1)21-11-9-15(19-21)13-20(16-7-8-16)12-14-4-3-10-18-14/h9,11,14,16-18H,1-8,10,12-13H2. The molecule has 1 N–H and O–H groups in total. The normalized spacial score (nSPS) is 27.0. The van der Waals surface area contributed by atoms with Crippen LogP contribution in [0.4, 0.5) is 0 Å². The van der Waals surface area contributed by atoms with Gasteiger partial charge >= 0.3 is 0 Å². The highest BCUT2D eigenvalue weighted by atomic mass is 15.3. The SMILES string of the molecule is c1cn(C2CCCC2)nc1CN(CC1CCCN1)C1CC1. The van der Waals surface area contributed by atoms with E-state index in [0.29, 0.717) is 12.1 Å². The van der Waals surface area contributed by atoms with Crippen LogP contribution in [0.5, 0.6) is 0 Å². The topological polar surface area (TPSA) is 33.1 Å². The van der Waals surface area contributed by atoms with Gasteiger partial charge in [0.2, 0.25) is 0 Å². The summed E-state index contributed by atoms with van der Waals surface area (Å²) < 4.78 is 2.24. The fourth-order valence-corrected chi connectivity index (χ4v) is 4.02. The van der Waals surface area contributed by atoms with E-state index in [-0.39, 0.29) is 0 Å². The van der Waals surface area contributed by atoms with Gasteiger partial charge in [0.1, 0.15) is 0 Å². The molecule has 0 aromatic carbocycles. The van der Waals surface area contributed by atoms with Crippen LogP contribution in [-0.2, 0) is 6.54 Å². The molecule has 0 radical (unpaired) electrons. The summed E-state index contributed by atoms with van der Waals surface area (Å²) in [6.07, 6.45) is 13.1. The van der Waals surface area contributed by atoms with Crippen LogP contribution in [0.15, 0.2) is 12.3 Å². The van der Waals surface area contributed by atoms with Crippen LogP contribution in [0.25, 0.3) is 0 Å². The van der Waals surface area contributed by atoms with Gasteiger partial charge in [-0.05, 0) is 51.1 Å². The maximum absolute atomic E-state index is 4.87. The van der Waals surface area contributed by atoms with Gasteiger partial charge in [0.05, 0.1) is 11.7 Å². The van der Waals surface area contributed by atoms with Gasteiger partial charge in [0.25, 0.3) is 0 Å². The highest BCUT2D eigenvalue weighted by Gasteiger charge is 2.31. The van der Waals surface area contributed by atoms with Crippen molar-refractivity contribution in [3.8, 4) is 0 Å².